The predicted molar refractivity (Wildman–Crippen MR) is 110 cm³/mol. The number of amides is 2. The van der Waals surface area contributed by atoms with Crippen LogP contribution < -0.4 is 10.1 Å². The summed E-state index contributed by atoms with van der Waals surface area (Å²) < 4.78 is 44.7. The quantitative estimate of drug-likeness (QED) is 0.676. The Labute approximate surface area is 188 Å². The summed E-state index contributed by atoms with van der Waals surface area (Å²) >= 11 is 0. The van der Waals surface area contributed by atoms with E-state index in [-0.39, 0.29) is 67.5 Å². The molecule has 1 atom stereocenters. The molecule has 0 spiro atoms. The molecule has 1 aliphatic heterocycles. The van der Waals surface area contributed by atoms with E-state index >= 15 is 0 Å². The molecule has 178 valence electrons. The molecule has 2 aliphatic rings. The molecule has 2 amide bonds. The van der Waals surface area contributed by atoms with E-state index in [0.717, 1.165) is 12.8 Å². The summed E-state index contributed by atoms with van der Waals surface area (Å²) in [6.07, 6.45) is 0.607. The zero-order valence-corrected chi connectivity index (χ0v) is 17.8. The van der Waals surface area contributed by atoms with Gasteiger partial charge in [0, 0.05) is 18.7 Å². The minimum Gasteiger partial charge on any atom is -0.489 e. The number of carbonyl (C=O) groups is 2. The molecule has 9 nitrogen and oxygen atoms in total. The van der Waals surface area contributed by atoms with Crippen LogP contribution >= 0.6 is 0 Å². The van der Waals surface area contributed by atoms with Gasteiger partial charge in [-0.2, -0.15) is 13.2 Å². The normalized spacial score (nSPS) is 23.4. The highest BCUT2D eigenvalue weighted by Crippen LogP contribution is 2.40. The van der Waals surface area contributed by atoms with Gasteiger partial charge in [0.25, 0.3) is 5.91 Å². The highest BCUT2D eigenvalue weighted by atomic mass is 19.4. The Hall–Kier alpha value is -3.18. The Balaban J connectivity index is 1.35. The first-order valence-electron chi connectivity index (χ1n) is 11.0. The first kappa shape index (κ1) is 23.0. The summed E-state index contributed by atoms with van der Waals surface area (Å²) in [7, 11) is 0. The average molecular weight is 466 g/mol. The number of nitrogens with zero attached hydrogens (tertiary/aromatic N) is 4. The first-order chi connectivity index (χ1) is 15.8. The monoisotopic (exact) mass is 466 g/mol. The SMILES string of the molecule is O=C(Nc1nnc[nH]1)c1ncccc1OC[C@H]1CCCN1C(=O)[C@H]1CC[C@H](C(F)(F)F)CC1. The zero-order valence-electron chi connectivity index (χ0n) is 17.8. The Morgan fingerprint density at radius 2 is 2.00 bits per heavy atom. The number of carbonyl (C=O) groups excluding carboxylic acids is 2. The number of anilines is 1. The number of aromatic amines is 1. The zero-order chi connectivity index (χ0) is 23.4. The lowest BCUT2D eigenvalue weighted by atomic mass is 9.81. The van der Waals surface area contributed by atoms with Gasteiger partial charge in [0.2, 0.25) is 11.9 Å². The minimum absolute atomic E-state index is 0.00570. The summed E-state index contributed by atoms with van der Waals surface area (Å²) in [5, 5.41) is 9.83. The fourth-order valence-corrected chi connectivity index (χ4v) is 4.50. The standard InChI is InChI=1S/C21H25F3N6O3/c22-21(23,24)14-7-5-13(6-8-14)19(32)30-10-2-3-15(30)11-33-16-4-1-9-25-17(16)18(31)28-20-26-12-27-29-20/h1,4,9,12-15H,2-3,5-8,10-11H2,(H2,26,27,28,29,31)/t13-,14-,15-/m1/s1. The van der Waals surface area contributed by atoms with Gasteiger partial charge < -0.3 is 14.6 Å². The van der Waals surface area contributed by atoms with Crippen LogP contribution in [0.1, 0.15) is 49.0 Å². The van der Waals surface area contributed by atoms with E-state index in [1.807, 2.05) is 0 Å². The number of halogens is 3. The van der Waals surface area contributed by atoms with Crippen molar-refractivity contribution in [3.63, 3.8) is 0 Å². The average Bonchev–Trinajstić information content (AvgIpc) is 3.49. The van der Waals surface area contributed by atoms with Crippen LogP contribution in [0.5, 0.6) is 5.75 Å². The van der Waals surface area contributed by atoms with E-state index in [1.54, 1.807) is 17.0 Å². The molecule has 4 rings (SSSR count). The van der Waals surface area contributed by atoms with E-state index < -0.39 is 18.0 Å². The molecular formula is C21H25F3N6O3. The molecule has 1 aliphatic carbocycles. The fourth-order valence-electron chi connectivity index (χ4n) is 4.50. The number of alkyl halides is 3. The van der Waals surface area contributed by atoms with Gasteiger partial charge in [-0.25, -0.2) is 4.98 Å². The van der Waals surface area contributed by atoms with Gasteiger partial charge in [0.1, 0.15) is 12.9 Å². The molecule has 0 unspecified atom stereocenters. The first-order valence-corrected chi connectivity index (χ1v) is 11.0. The molecule has 2 N–H and O–H groups in total. The predicted octanol–water partition coefficient (Wildman–Crippen LogP) is 3.19. The smallest absolute Gasteiger partial charge is 0.391 e. The third-order valence-corrected chi connectivity index (χ3v) is 6.27. The number of hydrogen-bond acceptors (Lipinski definition) is 6. The molecule has 1 saturated heterocycles. The second kappa shape index (κ2) is 9.75. The molecule has 0 aromatic carbocycles. The lowest BCUT2D eigenvalue weighted by molar-refractivity contribution is -0.185. The number of rotatable bonds is 6. The second-order valence-electron chi connectivity index (χ2n) is 8.37. The number of ether oxygens (including phenoxy) is 1. The van der Waals surface area contributed by atoms with Crippen LogP contribution in [0.2, 0.25) is 0 Å². The molecule has 2 aromatic heterocycles. The maximum Gasteiger partial charge on any atom is 0.391 e. The van der Waals surface area contributed by atoms with Crippen LogP contribution in [-0.4, -0.2) is 62.2 Å². The fraction of sp³-hybridized carbons (Fsp3) is 0.571. The Kier molecular flexibility index (Phi) is 6.80. The molecule has 2 aromatic rings. The maximum atomic E-state index is 13.0. The molecule has 1 saturated carbocycles. The van der Waals surface area contributed by atoms with Crippen LogP contribution in [0, 0.1) is 11.8 Å². The molecule has 2 fully saturated rings. The minimum atomic E-state index is -4.20. The van der Waals surface area contributed by atoms with Crippen molar-refractivity contribution in [1.29, 1.82) is 0 Å². The van der Waals surface area contributed by atoms with Crippen molar-refractivity contribution >= 4 is 17.8 Å². The van der Waals surface area contributed by atoms with Crippen LogP contribution in [0.4, 0.5) is 19.1 Å². The van der Waals surface area contributed by atoms with E-state index in [9.17, 15) is 22.8 Å². The molecule has 3 heterocycles. The third kappa shape index (κ3) is 5.42. The summed E-state index contributed by atoms with van der Waals surface area (Å²) in [6.45, 7) is 0.718. The molecule has 12 heteroatoms. The van der Waals surface area contributed by atoms with Gasteiger partial charge in [-0.3, -0.25) is 14.9 Å². The van der Waals surface area contributed by atoms with Crippen molar-refractivity contribution in [3.05, 3.63) is 30.4 Å². The van der Waals surface area contributed by atoms with E-state index in [0.29, 0.717) is 6.54 Å². The van der Waals surface area contributed by atoms with Crippen LogP contribution in [0.3, 0.4) is 0 Å². The summed E-state index contributed by atoms with van der Waals surface area (Å²) in [5.41, 5.74) is 0.0650. The number of nitrogens with one attached hydrogen (secondary N) is 2. The van der Waals surface area contributed by atoms with Crippen LogP contribution in [0.25, 0.3) is 0 Å². The van der Waals surface area contributed by atoms with Gasteiger partial charge in [-0.15, -0.1) is 10.2 Å². The van der Waals surface area contributed by atoms with Gasteiger partial charge in [0.05, 0.1) is 12.0 Å². The van der Waals surface area contributed by atoms with E-state index in [4.69, 9.17) is 4.74 Å². The molecule has 0 bridgehead atoms. The Morgan fingerprint density at radius 3 is 2.70 bits per heavy atom. The lowest BCUT2D eigenvalue weighted by Gasteiger charge is -2.33. The second-order valence-corrected chi connectivity index (χ2v) is 8.37. The van der Waals surface area contributed by atoms with Crippen molar-refractivity contribution in [3.8, 4) is 5.75 Å². The van der Waals surface area contributed by atoms with Crippen LogP contribution in [0.15, 0.2) is 24.7 Å². The van der Waals surface area contributed by atoms with Crippen molar-refractivity contribution in [2.75, 3.05) is 18.5 Å². The molecular weight excluding hydrogens is 441 g/mol. The van der Waals surface area contributed by atoms with Crippen molar-refractivity contribution < 1.29 is 27.5 Å². The number of likely N-dealkylation sites (tertiary alicyclic amines) is 1. The summed E-state index contributed by atoms with van der Waals surface area (Å²) in [6, 6.07) is 3.04. The van der Waals surface area contributed by atoms with Crippen molar-refractivity contribution in [2.24, 2.45) is 11.8 Å². The highest BCUT2D eigenvalue weighted by molar-refractivity contribution is 6.03. The maximum absolute atomic E-state index is 13.0. The largest absolute Gasteiger partial charge is 0.489 e. The molecule has 0 radical (unpaired) electrons. The number of H-pyrrole nitrogens is 1. The lowest BCUT2D eigenvalue weighted by Crippen LogP contribution is -2.44. The van der Waals surface area contributed by atoms with Crippen molar-refractivity contribution in [2.45, 2.75) is 50.7 Å². The van der Waals surface area contributed by atoms with E-state index in [1.165, 1.54) is 12.5 Å². The Morgan fingerprint density at radius 1 is 1.21 bits per heavy atom. The summed E-state index contributed by atoms with van der Waals surface area (Å²) in [4.78, 5) is 34.0. The van der Waals surface area contributed by atoms with E-state index in [2.05, 4.69) is 25.5 Å². The van der Waals surface area contributed by atoms with Gasteiger partial charge in [0.15, 0.2) is 11.4 Å². The number of aromatic nitrogens is 4. The van der Waals surface area contributed by atoms with Crippen LogP contribution in [-0.2, 0) is 4.79 Å². The van der Waals surface area contributed by atoms with Gasteiger partial charge in [-0.1, -0.05) is 0 Å². The summed E-state index contributed by atoms with van der Waals surface area (Å²) in [5.74, 6) is -1.89. The Bertz CT molecular complexity index is 960. The van der Waals surface area contributed by atoms with Gasteiger partial charge in [-0.05, 0) is 50.7 Å². The van der Waals surface area contributed by atoms with Gasteiger partial charge >= 0.3 is 6.18 Å². The van der Waals surface area contributed by atoms with Crippen molar-refractivity contribution in [1.82, 2.24) is 25.1 Å². The topological polar surface area (TPSA) is 113 Å². The molecule has 33 heavy (non-hydrogen) atoms. The third-order valence-electron chi connectivity index (χ3n) is 6.27. The highest BCUT2D eigenvalue weighted by Gasteiger charge is 2.44. The number of hydrogen-bond donors (Lipinski definition) is 2. The number of pyridine rings is 1.